The number of amides is 1. The molecule has 2 unspecified atom stereocenters. The maximum absolute atomic E-state index is 12.3. The van der Waals surface area contributed by atoms with Gasteiger partial charge >= 0.3 is 0 Å². The van der Waals surface area contributed by atoms with E-state index in [1.54, 1.807) is 17.9 Å². The van der Waals surface area contributed by atoms with Gasteiger partial charge in [-0.3, -0.25) is 9.48 Å². The van der Waals surface area contributed by atoms with E-state index < -0.39 is 5.54 Å². The lowest BCUT2D eigenvalue weighted by Crippen LogP contribution is -2.51. The smallest absolute Gasteiger partial charge is 0.230 e. The molecule has 1 fully saturated rings. The van der Waals surface area contributed by atoms with Gasteiger partial charge in [0.1, 0.15) is 0 Å². The quantitative estimate of drug-likeness (QED) is 0.867. The molecule has 1 amide bonds. The van der Waals surface area contributed by atoms with Crippen molar-refractivity contribution < 1.29 is 9.53 Å². The van der Waals surface area contributed by atoms with E-state index >= 15 is 0 Å². The first-order valence-corrected chi connectivity index (χ1v) is 7.15. The Morgan fingerprint density at radius 2 is 2.38 bits per heavy atom. The summed E-state index contributed by atoms with van der Waals surface area (Å²) in [7, 11) is 1.65. The highest BCUT2D eigenvalue weighted by Crippen LogP contribution is 2.32. The first kappa shape index (κ1) is 17.9. The summed E-state index contributed by atoms with van der Waals surface area (Å²) in [6, 6.07) is 1.80. The number of ether oxygens (including phenoxy) is 1. The molecule has 21 heavy (non-hydrogen) atoms. The van der Waals surface area contributed by atoms with Crippen LogP contribution in [0.4, 0.5) is 5.82 Å². The topological polar surface area (TPSA) is 82.2 Å². The molecule has 0 radical (unpaired) electrons. The van der Waals surface area contributed by atoms with Crippen molar-refractivity contribution in [2.75, 3.05) is 19.0 Å². The molecule has 1 aromatic heterocycles. The van der Waals surface area contributed by atoms with Crippen molar-refractivity contribution in [3.63, 3.8) is 0 Å². The normalized spacial score (nSPS) is 25.2. The van der Waals surface area contributed by atoms with Crippen LogP contribution in [0.5, 0.6) is 0 Å². The van der Waals surface area contributed by atoms with Crippen LogP contribution in [0.1, 0.15) is 32.6 Å². The molecule has 0 saturated heterocycles. The Labute approximate surface area is 131 Å². The molecule has 6 nitrogen and oxygen atoms in total. The third-order valence-electron chi connectivity index (χ3n) is 3.99. The van der Waals surface area contributed by atoms with Gasteiger partial charge in [0.05, 0.1) is 19.1 Å². The summed E-state index contributed by atoms with van der Waals surface area (Å²) >= 11 is 0. The minimum Gasteiger partial charge on any atom is -0.383 e. The summed E-state index contributed by atoms with van der Waals surface area (Å²) in [5, 5.41) is 7.17. The highest BCUT2D eigenvalue weighted by Gasteiger charge is 2.37. The fourth-order valence-corrected chi connectivity index (χ4v) is 2.74. The maximum atomic E-state index is 12.3. The van der Waals surface area contributed by atoms with Crippen molar-refractivity contribution >= 4 is 24.1 Å². The van der Waals surface area contributed by atoms with E-state index in [0.717, 1.165) is 25.7 Å². The number of nitrogens with one attached hydrogen (secondary N) is 1. The largest absolute Gasteiger partial charge is 0.383 e. The van der Waals surface area contributed by atoms with Gasteiger partial charge in [0.25, 0.3) is 0 Å². The van der Waals surface area contributed by atoms with Crippen molar-refractivity contribution in [3.8, 4) is 0 Å². The average molecular weight is 317 g/mol. The highest BCUT2D eigenvalue weighted by atomic mass is 35.5. The fourth-order valence-electron chi connectivity index (χ4n) is 2.74. The molecule has 2 atom stereocenters. The summed E-state index contributed by atoms with van der Waals surface area (Å²) in [6.07, 6.45) is 5.74. The lowest BCUT2D eigenvalue weighted by Gasteiger charge is -2.37. The number of methoxy groups -OCH3 is 1. The van der Waals surface area contributed by atoms with Gasteiger partial charge in [-0.15, -0.1) is 12.4 Å². The number of nitrogens with zero attached hydrogens (tertiary/aromatic N) is 2. The van der Waals surface area contributed by atoms with Gasteiger partial charge < -0.3 is 15.8 Å². The molecular formula is C14H25ClN4O2. The number of hydrogen-bond acceptors (Lipinski definition) is 4. The Balaban J connectivity index is 0.00000220. The number of carbonyl (C=O) groups is 1. The van der Waals surface area contributed by atoms with Gasteiger partial charge in [-0.05, 0) is 19.8 Å². The molecule has 0 bridgehead atoms. The molecule has 120 valence electrons. The summed E-state index contributed by atoms with van der Waals surface area (Å²) in [4.78, 5) is 12.3. The SMILES string of the molecule is COCCn1ccc(NC(=O)C2CCCCC2(C)N)n1.Cl. The predicted molar refractivity (Wildman–Crippen MR) is 84.5 cm³/mol. The van der Waals surface area contributed by atoms with E-state index in [2.05, 4.69) is 10.4 Å². The number of halogens is 1. The van der Waals surface area contributed by atoms with Crippen LogP contribution in [-0.2, 0) is 16.1 Å². The number of aromatic nitrogens is 2. The monoisotopic (exact) mass is 316 g/mol. The Morgan fingerprint density at radius 3 is 3.05 bits per heavy atom. The van der Waals surface area contributed by atoms with Gasteiger partial charge in [-0.25, -0.2) is 0 Å². The Morgan fingerprint density at radius 1 is 1.62 bits per heavy atom. The Hall–Kier alpha value is -1.11. The van der Waals surface area contributed by atoms with Crippen LogP contribution in [0.3, 0.4) is 0 Å². The van der Waals surface area contributed by atoms with Crippen molar-refractivity contribution in [3.05, 3.63) is 12.3 Å². The van der Waals surface area contributed by atoms with Gasteiger partial charge in [-0.1, -0.05) is 12.8 Å². The molecule has 1 aliphatic carbocycles. The van der Waals surface area contributed by atoms with E-state index in [1.165, 1.54) is 0 Å². The lowest BCUT2D eigenvalue weighted by molar-refractivity contribution is -0.122. The first-order valence-electron chi connectivity index (χ1n) is 7.15. The van der Waals surface area contributed by atoms with E-state index in [9.17, 15) is 4.79 Å². The first-order chi connectivity index (χ1) is 9.53. The number of hydrogen-bond donors (Lipinski definition) is 2. The minimum absolute atomic E-state index is 0. The zero-order valence-electron chi connectivity index (χ0n) is 12.7. The zero-order chi connectivity index (χ0) is 14.6. The number of carbonyl (C=O) groups excluding carboxylic acids is 1. The second-order valence-corrected chi connectivity index (χ2v) is 5.75. The molecule has 1 aliphatic rings. The molecular weight excluding hydrogens is 292 g/mol. The van der Waals surface area contributed by atoms with Crippen LogP contribution in [0.15, 0.2) is 12.3 Å². The van der Waals surface area contributed by atoms with Crippen LogP contribution in [0.25, 0.3) is 0 Å². The molecule has 0 spiro atoms. The van der Waals surface area contributed by atoms with Crippen LogP contribution in [-0.4, -0.2) is 34.9 Å². The van der Waals surface area contributed by atoms with E-state index in [4.69, 9.17) is 10.5 Å². The van der Waals surface area contributed by atoms with Crippen LogP contribution in [0.2, 0.25) is 0 Å². The standard InChI is InChI=1S/C14H24N4O2.ClH/c1-14(15)7-4-3-5-11(14)13(19)16-12-6-8-18(17-12)9-10-20-2;/h6,8,11H,3-5,7,9-10,15H2,1-2H3,(H,16,17,19);1H. The van der Waals surface area contributed by atoms with Crippen molar-refractivity contribution in [1.29, 1.82) is 0 Å². The summed E-state index contributed by atoms with van der Waals surface area (Å²) < 4.78 is 6.75. The lowest BCUT2D eigenvalue weighted by atomic mass is 9.74. The molecule has 3 N–H and O–H groups in total. The number of anilines is 1. The van der Waals surface area contributed by atoms with E-state index in [1.807, 2.05) is 13.1 Å². The second-order valence-electron chi connectivity index (χ2n) is 5.75. The number of rotatable bonds is 5. The third-order valence-corrected chi connectivity index (χ3v) is 3.99. The van der Waals surface area contributed by atoms with Gasteiger partial charge in [-0.2, -0.15) is 5.10 Å². The Bertz CT molecular complexity index is 462. The molecule has 0 aromatic carbocycles. The average Bonchev–Trinajstić information content (AvgIpc) is 2.83. The summed E-state index contributed by atoms with van der Waals surface area (Å²) in [5.41, 5.74) is 5.83. The van der Waals surface area contributed by atoms with Gasteiger partial charge in [0.2, 0.25) is 5.91 Å². The van der Waals surface area contributed by atoms with Crippen molar-refractivity contribution in [2.45, 2.75) is 44.7 Å². The van der Waals surface area contributed by atoms with Gasteiger partial charge in [0.15, 0.2) is 5.82 Å². The fraction of sp³-hybridized carbons (Fsp3) is 0.714. The van der Waals surface area contributed by atoms with Crippen LogP contribution >= 0.6 is 12.4 Å². The molecule has 1 aromatic rings. The maximum Gasteiger partial charge on any atom is 0.230 e. The van der Waals surface area contributed by atoms with E-state index in [-0.39, 0.29) is 24.2 Å². The zero-order valence-corrected chi connectivity index (χ0v) is 13.5. The molecule has 1 saturated carbocycles. The Kier molecular flexibility index (Phi) is 6.64. The minimum atomic E-state index is -0.416. The van der Waals surface area contributed by atoms with Crippen molar-refractivity contribution in [1.82, 2.24) is 9.78 Å². The summed E-state index contributed by atoms with van der Waals surface area (Å²) in [6.45, 7) is 3.23. The molecule has 2 rings (SSSR count). The molecule has 0 aliphatic heterocycles. The van der Waals surface area contributed by atoms with Gasteiger partial charge in [0, 0.05) is 24.9 Å². The predicted octanol–water partition coefficient (Wildman–Crippen LogP) is 1.80. The summed E-state index contributed by atoms with van der Waals surface area (Å²) in [5.74, 6) is 0.416. The second kappa shape index (κ2) is 7.77. The number of nitrogens with two attached hydrogens (primary N) is 1. The van der Waals surface area contributed by atoms with Crippen LogP contribution in [0, 0.1) is 5.92 Å². The van der Waals surface area contributed by atoms with Crippen LogP contribution < -0.4 is 11.1 Å². The molecule has 1 heterocycles. The third kappa shape index (κ3) is 4.69. The van der Waals surface area contributed by atoms with Crippen molar-refractivity contribution in [2.24, 2.45) is 11.7 Å². The highest BCUT2D eigenvalue weighted by molar-refractivity contribution is 5.92. The van der Waals surface area contributed by atoms with E-state index in [0.29, 0.717) is 19.0 Å². The molecule has 7 heteroatoms.